The van der Waals surface area contributed by atoms with Gasteiger partial charge in [0.15, 0.2) is 0 Å². The molecule has 0 aliphatic rings. The first kappa shape index (κ1) is 114. The van der Waals surface area contributed by atoms with Crippen molar-refractivity contribution < 1.29 is 39.6 Å². The Balaban J connectivity index is -0.000000186. The molecule has 0 saturated heterocycles. The van der Waals surface area contributed by atoms with Gasteiger partial charge in [0.2, 0.25) is 0 Å². The normalized spacial score (nSPS) is 10.6. The second-order valence-electron chi connectivity index (χ2n) is 29.9. The van der Waals surface area contributed by atoms with Crippen molar-refractivity contribution in [2.24, 2.45) is 0 Å². The Labute approximate surface area is 626 Å². The van der Waals surface area contributed by atoms with Gasteiger partial charge in [0.25, 0.3) is 0 Å². The fourth-order valence-corrected chi connectivity index (χ4v) is 13.4. The van der Waals surface area contributed by atoms with E-state index in [0.29, 0.717) is 0 Å². The van der Waals surface area contributed by atoms with Gasteiger partial charge in [-0.1, -0.05) is 490 Å². The van der Waals surface area contributed by atoms with Gasteiger partial charge in [-0.25, -0.2) is 0 Å². The average molecular weight is 1430 g/mol. The molecule has 100 heavy (non-hydrogen) atoms. The highest BCUT2D eigenvalue weighted by Crippen LogP contribution is 2.20. The zero-order valence-corrected chi connectivity index (χ0v) is 69.8. The van der Waals surface area contributed by atoms with E-state index in [2.05, 4.69) is 27.7 Å². The highest BCUT2D eigenvalue weighted by molar-refractivity contribution is 5.64. The SMILES string of the molecule is CCCCCCCCCCCCCCCCCCCCCC(=O)[O-].CCCCCCCCCCCCCCCCCCCCCC(=O)[O-].CCCCCCCCCCCCCCCCCCCCCC(=O)[O-].CCCCCCCCCCCCCCCCCCCCCC(=O)[O-].[NH4+].[NH4+].[NH4+].[NH4+]. The Morgan fingerprint density at radius 3 is 0.250 bits per heavy atom. The number of carboxylic acids is 4. The van der Waals surface area contributed by atoms with Crippen LogP contribution in [0.1, 0.15) is 541 Å². The number of carboxylic acid groups (broad SMARTS) is 4. The van der Waals surface area contributed by atoms with Gasteiger partial charge in [-0.3, -0.25) is 0 Å². The molecule has 12 heteroatoms. The predicted molar refractivity (Wildman–Crippen MR) is 436 cm³/mol. The third kappa shape index (κ3) is 129. The van der Waals surface area contributed by atoms with Crippen LogP contribution in [0.3, 0.4) is 0 Å². The summed E-state index contributed by atoms with van der Waals surface area (Å²) in [5.74, 6) is -3.60. The summed E-state index contributed by atoms with van der Waals surface area (Å²) in [5.41, 5.74) is 0. The molecule has 0 saturated carbocycles. The minimum absolute atomic E-state index is 0. The zero-order chi connectivity index (χ0) is 70.9. The molecule has 0 atom stereocenters. The summed E-state index contributed by atoms with van der Waals surface area (Å²) in [5, 5.41) is 41.1. The highest BCUT2D eigenvalue weighted by Gasteiger charge is 2.01. The van der Waals surface area contributed by atoms with E-state index in [0.717, 1.165) is 51.4 Å². The zero-order valence-electron chi connectivity index (χ0n) is 69.8. The molecule has 12 nitrogen and oxygen atoms in total. The second-order valence-corrected chi connectivity index (χ2v) is 29.9. The van der Waals surface area contributed by atoms with E-state index in [1.54, 1.807) is 0 Å². The van der Waals surface area contributed by atoms with Gasteiger partial charge in [0.05, 0.1) is 0 Å². The van der Waals surface area contributed by atoms with Gasteiger partial charge in [0, 0.05) is 23.9 Å². The summed E-state index contributed by atoms with van der Waals surface area (Å²) in [6, 6.07) is 0. The molecule has 0 rings (SSSR count). The van der Waals surface area contributed by atoms with Crippen molar-refractivity contribution >= 4 is 23.9 Å². The first-order chi connectivity index (χ1) is 47.1. The van der Waals surface area contributed by atoms with Crippen LogP contribution in [0.5, 0.6) is 0 Å². The smallest absolute Gasteiger partial charge is 0.0414 e. The Morgan fingerprint density at radius 2 is 0.190 bits per heavy atom. The molecule has 0 aromatic carbocycles. The minimum atomic E-state index is -0.901. The van der Waals surface area contributed by atoms with E-state index in [-0.39, 0.29) is 50.3 Å². The van der Waals surface area contributed by atoms with Crippen molar-refractivity contribution in [3.63, 3.8) is 0 Å². The predicted octanol–water partition coefficient (Wildman–Crippen LogP) is 27.7. The standard InChI is InChI=1S/4C22H44O2.4H3N/c4*1-2-3-4-5-6-7-8-9-10-11-12-13-14-15-16-17-18-19-20-21-22(23)24;;;;/h4*2-21H2,1H3,(H,23,24);4*1H3. The van der Waals surface area contributed by atoms with Crippen LogP contribution in [0, 0.1) is 0 Å². The van der Waals surface area contributed by atoms with Crippen LogP contribution in [-0.2, 0) is 19.2 Å². The molecule has 608 valence electrons. The van der Waals surface area contributed by atoms with E-state index in [1.807, 2.05) is 0 Å². The summed E-state index contributed by atoms with van der Waals surface area (Å²) in [6.45, 7) is 9.12. The maximum absolute atomic E-state index is 10.3. The minimum Gasteiger partial charge on any atom is -0.550 e. The van der Waals surface area contributed by atoms with Crippen LogP contribution >= 0.6 is 0 Å². The monoisotopic (exact) mass is 1430 g/mol. The molecule has 0 unspecified atom stereocenters. The van der Waals surface area contributed by atoms with E-state index in [4.69, 9.17) is 0 Å². The fraction of sp³-hybridized carbons (Fsp3) is 0.955. The number of carbonyl (C=O) groups is 4. The molecule has 0 fully saturated rings. The molecule has 0 aromatic rings. The summed E-state index contributed by atoms with van der Waals surface area (Å²) < 4.78 is 0. The van der Waals surface area contributed by atoms with Gasteiger partial charge < -0.3 is 64.2 Å². The van der Waals surface area contributed by atoms with E-state index >= 15 is 0 Å². The number of hydrogen-bond acceptors (Lipinski definition) is 8. The van der Waals surface area contributed by atoms with Crippen molar-refractivity contribution in [2.75, 3.05) is 0 Å². The number of carbonyl (C=O) groups excluding carboxylic acids is 4. The fourth-order valence-electron chi connectivity index (χ4n) is 13.4. The number of quaternary nitrogens is 4. The molecular weight excluding hydrogens is 1240 g/mol. The summed E-state index contributed by atoms with van der Waals surface area (Å²) in [7, 11) is 0. The molecule has 0 aliphatic heterocycles. The molecule has 0 amide bonds. The summed E-state index contributed by atoms with van der Waals surface area (Å²) in [6.07, 6.45) is 103. The molecule has 16 N–H and O–H groups in total. The van der Waals surface area contributed by atoms with Crippen LogP contribution in [0.25, 0.3) is 0 Å². The van der Waals surface area contributed by atoms with Gasteiger partial charge in [0.1, 0.15) is 0 Å². The number of aliphatic carboxylic acids is 4. The van der Waals surface area contributed by atoms with Gasteiger partial charge in [-0.15, -0.1) is 0 Å². The van der Waals surface area contributed by atoms with Crippen molar-refractivity contribution in [2.45, 2.75) is 541 Å². The van der Waals surface area contributed by atoms with Crippen LogP contribution < -0.4 is 45.0 Å². The first-order valence-corrected chi connectivity index (χ1v) is 43.9. The largest absolute Gasteiger partial charge is 0.550 e. The number of unbranched alkanes of at least 4 members (excludes halogenated alkanes) is 72. The lowest BCUT2D eigenvalue weighted by atomic mass is 10.0. The van der Waals surface area contributed by atoms with Gasteiger partial charge in [-0.05, 0) is 51.4 Å². The lowest BCUT2D eigenvalue weighted by molar-refractivity contribution is -0.307. The molecule has 0 aliphatic carbocycles. The Kier molecular flexibility index (Phi) is 125. The average Bonchev–Trinajstić information content (AvgIpc) is 3.60. The Hall–Kier alpha value is -2.28. The second kappa shape index (κ2) is 110. The van der Waals surface area contributed by atoms with Gasteiger partial charge >= 0.3 is 0 Å². The number of rotatable bonds is 80. The van der Waals surface area contributed by atoms with Crippen molar-refractivity contribution in [1.29, 1.82) is 0 Å². The number of hydrogen-bond donors (Lipinski definition) is 4. The van der Waals surface area contributed by atoms with Crippen LogP contribution in [0.15, 0.2) is 0 Å². The lowest BCUT2D eigenvalue weighted by Crippen LogP contribution is -2.21. The molecule has 0 bridgehead atoms. The highest BCUT2D eigenvalue weighted by atomic mass is 16.4. The van der Waals surface area contributed by atoms with Crippen molar-refractivity contribution in [3.05, 3.63) is 0 Å². The third-order valence-electron chi connectivity index (χ3n) is 19.9. The van der Waals surface area contributed by atoms with Crippen molar-refractivity contribution in [3.8, 4) is 0 Å². The molecule has 0 spiro atoms. The van der Waals surface area contributed by atoms with E-state index in [9.17, 15) is 39.6 Å². The summed E-state index contributed by atoms with van der Waals surface area (Å²) in [4.78, 5) is 41.1. The van der Waals surface area contributed by atoms with Crippen LogP contribution in [0.4, 0.5) is 0 Å². The molecule has 0 radical (unpaired) electrons. The molecule has 0 aromatic heterocycles. The topological polar surface area (TPSA) is 307 Å². The Morgan fingerprint density at radius 1 is 0.130 bits per heavy atom. The van der Waals surface area contributed by atoms with Crippen LogP contribution in [0.2, 0.25) is 0 Å². The molecule has 0 heterocycles. The van der Waals surface area contributed by atoms with E-state index in [1.165, 1.54) is 437 Å². The third-order valence-corrected chi connectivity index (χ3v) is 19.9. The van der Waals surface area contributed by atoms with E-state index < -0.39 is 23.9 Å². The summed E-state index contributed by atoms with van der Waals surface area (Å²) >= 11 is 0. The van der Waals surface area contributed by atoms with Crippen molar-refractivity contribution in [1.82, 2.24) is 24.6 Å². The first-order valence-electron chi connectivity index (χ1n) is 43.9. The Bertz CT molecular complexity index is 1230. The van der Waals surface area contributed by atoms with Crippen LogP contribution in [-0.4, -0.2) is 23.9 Å². The maximum atomic E-state index is 10.3. The lowest BCUT2D eigenvalue weighted by Gasteiger charge is -2.04. The van der Waals surface area contributed by atoms with Gasteiger partial charge in [-0.2, -0.15) is 0 Å². The molecular formula is C88H188N4O8. The quantitative estimate of drug-likeness (QED) is 0.0423. The maximum Gasteiger partial charge on any atom is 0.0414 e.